The monoisotopic (exact) mass is 294 g/mol. The summed E-state index contributed by atoms with van der Waals surface area (Å²) in [5.41, 5.74) is 2.94. The van der Waals surface area contributed by atoms with Gasteiger partial charge in [-0.1, -0.05) is 6.92 Å². The van der Waals surface area contributed by atoms with Crippen LogP contribution in [0.15, 0.2) is 49.1 Å². The molecule has 6 heteroatoms. The highest BCUT2D eigenvalue weighted by atomic mass is 15.3. The number of nitrogens with zero attached hydrogens (tertiary/aromatic N) is 5. The molecular weight excluding hydrogens is 276 g/mol. The maximum Gasteiger partial charge on any atom is 0.223 e. The van der Waals surface area contributed by atoms with Gasteiger partial charge < -0.3 is 5.32 Å². The molecule has 0 fully saturated rings. The minimum absolute atomic E-state index is 0.122. The van der Waals surface area contributed by atoms with E-state index in [2.05, 4.69) is 32.3 Å². The quantitative estimate of drug-likeness (QED) is 0.783. The molecule has 0 aliphatic heterocycles. The number of hydrogen-bond acceptors (Lipinski definition) is 5. The average molecular weight is 294 g/mol. The molecule has 0 aromatic carbocycles. The van der Waals surface area contributed by atoms with Crippen molar-refractivity contribution in [2.24, 2.45) is 7.05 Å². The van der Waals surface area contributed by atoms with Crippen LogP contribution in [0.5, 0.6) is 0 Å². The Morgan fingerprint density at radius 3 is 2.77 bits per heavy atom. The van der Waals surface area contributed by atoms with Crippen molar-refractivity contribution in [1.29, 1.82) is 0 Å². The molecule has 0 amide bonds. The van der Waals surface area contributed by atoms with Gasteiger partial charge in [0.05, 0.1) is 17.4 Å². The Hall–Kier alpha value is -2.76. The molecule has 3 aromatic heterocycles. The van der Waals surface area contributed by atoms with Gasteiger partial charge >= 0.3 is 0 Å². The Labute approximate surface area is 129 Å². The fraction of sp³-hybridized carbons (Fsp3) is 0.250. The van der Waals surface area contributed by atoms with Crippen LogP contribution >= 0.6 is 0 Å². The van der Waals surface area contributed by atoms with E-state index in [9.17, 15) is 0 Å². The van der Waals surface area contributed by atoms with Crippen LogP contribution in [0.1, 0.15) is 25.1 Å². The highest BCUT2D eigenvalue weighted by Crippen LogP contribution is 2.21. The van der Waals surface area contributed by atoms with Gasteiger partial charge in [0.25, 0.3) is 0 Å². The maximum absolute atomic E-state index is 4.58. The number of aryl methyl sites for hydroxylation is 1. The predicted octanol–water partition coefficient (Wildman–Crippen LogP) is 2.84. The van der Waals surface area contributed by atoms with Crippen LogP contribution in [0.25, 0.3) is 11.3 Å². The maximum atomic E-state index is 4.58. The van der Waals surface area contributed by atoms with E-state index in [1.54, 1.807) is 24.8 Å². The summed E-state index contributed by atoms with van der Waals surface area (Å²) in [7, 11) is 1.94. The van der Waals surface area contributed by atoms with E-state index in [1.807, 2.05) is 36.0 Å². The molecule has 1 N–H and O–H groups in total. The molecule has 22 heavy (non-hydrogen) atoms. The summed E-state index contributed by atoms with van der Waals surface area (Å²) in [4.78, 5) is 13.0. The first kappa shape index (κ1) is 14.2. The highest BCUT2D eigenvalue weighted by molar-refractivity contribution is 5.58. The minimum atomic E-state index is 0.122. The normalized spacial score (nSPS) is 12.1. The van der Waals surface area contributed by atoms with Gasteiger partial charge in [0.2, 0.25) is 5.95 Å². The molecule has 3 aromatic rings. The molecule has 0 bridgehead atoms. The summed E-state index contributed by atoms with van der Waals surface area (Å²) in [6.45, 7) is 2.12. The van der Waals surface area contributed by atoms with E-state index in [0.29, 0.717) is 5.95 Å². The first-order chi connectivity index (χ1) is 10.8. The number of aromatic nitrogens is 5. The van der Waals surface area contributed by atoms with Crippen LogP contribution in [-0.2, 0) is 7.05 Å². The summed E-state index contributed by atoms with van der Waals surface area (Å²) < 4.78 is 1.87. The zero-order valence-electron chi connectivity index (χ0n) is 12.6. The number of rotatable bonds is 5. The fourth-order valence-corrected chi connectivity index (χ4v) is 2.37. The zero-order chi connectivity index (χ0) is 15.4. The standard InChI is InChI=1S/C16H18N6/c1-3-13(15-7-10-19-22(15)2)20-16-18-9-6-14(21-16)12-5-4-8-17-11-12/h4-11,13H,3H2,1-2H3,(H,18,20,21). The lowest BCUT2D eigenvalue weighted by atomic mass is 10.1. The minimum Gasteiger partial charge on any atom is -0.346 e. The first-order valence-corrected chi connectivity index (χ1v) is 7.26. The lowest BCUT2D eigenvalue weighted by molar-refractivity contribution is 0.630. The van der Waals surface area contributed by atoms with E-state index in [1.165, 1.54) is 0 Å². The number of nitrogens with one attached hydrogen (secondary N) is 1. The van der Waals surface area contributed by atoms with Crippen molar-refractivity contribution in [2.45, 2.75) is 19.4 Å². The Balaban J connectivity index is 1.85. The SMILES string of the molecule is CCC(Nc1nccc(-c2cccnc2)n1)c1ccnn1C. The van der Waals surface area contributed by atoms with Gasteiger partial charge in [-0.05, 0) is 30.7 Å². The first-order valence-electron chi connectivity index (χ1n) is 7.26. The molecule has 0 radical (unpaired) electrons. The lowest BCUT2D eigenvalue weighted by Crippen LogP contribution is -2.15. The van der Waals surface area contributed by atoms with Gasteiger partial charge in [0, 0.05) is 37.4 Å². The van der Waals surface area contributed by atoms with Crippen LogP contribution in [0.4, 0.5) is 5.95 Å². The summed E-state index contributed by atoms with van der Waals surface area (Å²) in [5, 5.41) is 7.60. The van der Waals surface area contributed by atoms with Gasteiger partial charge in [0.15, 0.2) is 0 Å². The fourth-order valence-electron chi connectivity index (χ4n) is 2.37. The predicted molar refractivity (Wildman–Crippen MR) is 85.1 cm³/mol. The van der Waals surface area contributed by atoms with Crippen molar-refractivity contribution in [3.8, 4) is 11.3 Å². The number of anilines is 1. The van der Waals surface area contributed by atoms with Crippen molar-refractivity contribution < 1.29 is 0 Å². The summed E-state index contributed by atoms with van der Waals surface area (Å²) in [6, 6.07) is 7.89. The third kappa shape index (κ3) is 2.95. The summed E-state index contributed by atoms with van der Waals surface area (Å²) in [5.74, 6) is 0.606. The third-order valence-electron chi connectivity index (χ3n) is 3.54. The topological polar surface area (TPSA) is 68.5 Å². The van der Waals surface area contributed by atoms with E-state index in [4.69, 9.17) is 0 Å². The molecule has 0 saturated heterocycles. The van der Waals surface area contributed by atoms with Gasteiger partial charge in [-0.25, -0.2) is 9.97 Å². The molecule has 6 nitrogen and oxygen atoms in total. The zero-order valence-corrected chi connectivity index (χ0v) is 12.6. The van der Waals surface area contributed by atoms with Crippen molar-refractivity contribution in [2.75, 3.05) is 5.32 Å². The largest absolute Gasteiger partial charge is 0.346 e. The third-order valence-corrected chi connectivity index (χ3v) is 3.54. The van der Waals surface area contributed by atoms with Crippen molar-refractivity contribution >= 4 is 5.95 Å². The molecule has 1 atom stereocenters. The second-order valence-electron chi connectivity index (χ2n) is 4.99. The lowest BCUT2D eigenvalue weighted by Gasteiger charge is -2.17. The van der Waals surface area contributed by atoms with E-state index < -0.39 is 0 Å². The second-order valence-corrected chi connectivity index (χ2v) is 4.99. The van der Waals surface area contributed by atoms with Crippen LogP contribution in [-0.4, -0.2) is 24.7 Å². The molecule has 3 rings (SSSR count). The van der Waals surface area contributed by atoms with Gasteiger partial charge in [-0.3, -0.25) is 9.67 Å². The Morgan fingerprint density at radius 2 is 2.09 bits per heavy atom. The second kappa shape index (κ2) is 6.34. The summed E-state index contributed by atoms with van der Waals surface area (Å²) in [6.07, 6.45) is 8.02. The van der Waals surface area contributed by atoms with Crippen molar-refractivity contribution in [3.05, 3.63) is 54.7 Å². The van der Waals surface area contributed by atoms with Gasteiger partial charge in [0.1, 0.15) is 0 Å². The average Bonchev–Trinajstić information content (AvgIpc) is 3.00. The van der Waals surface area contributed by atoms with Crippen LogP contribution in [0.2, 0.25) is 0 Å². The number of pyridine rings is 1. The molecule has 0 aliphatic carbocycles. The molecule has 0 aliphatic rings. The molecule has 112 valence electrons. The smallest absolute Gasteiger partial charge is 0.223 e. The van der Waals surface area contributed by atoms with E-state index >= 15 is 0 Å². The summed E-state index contributed by atoms with van der Waals surface area (Å²) >= 11 is 0. The van der Waals surface area contributed by atoms with Crippen LogP contribution < -0.4 is 5.32 Å². The van der Waals surface area contributed by atoms with Gasteiger partial charge in [-0.15, -0.1) is 0 Å². The molecule has 1 unspecified atom stereocenters. The van der Waals surface area contributed by atoms with Crippen LogP contribution in [0, 0.1) is 0 Å². The Bertz CT molecular complexity index is 737. The molecule has 0 spiro atoms. The Morgan fingerprint density at radius 1 is 1.18 bits per heavy atom. The molecule has 0 saturated carbocycles. The molecule has 3 heterocycles. The van der Waals surface area contributed by atoms with E-state index in [-0.39, 0.29) is 6.04 Å². The molecular formula is C16H18N6. The van der Waals surface area contributed by atoms with Crippen molar-refractivity contribution in [3.63, 3.8) is 0 Å². The van der Waals surface area contributed by atoms with Crippen LogP contribution in [0.3, 0.4) is 0 Å². The number of hydrogen-bond donors (Lipinski definition) is 1. The van der Waals surface area contributed by atoms with E-state index in [0.717, 1.165) is 23.4 Å². The highest BCUT2D eigenvalue weighted by Gasteiger charge is 2.14. The van der Waals surface area contributed by atoms with Gasteiger partial charge in [-0.2, -0.15) is 5.10 Å². The Kier molecular flexibility index (Phi) is 4.09. The van der Waals surface area contributed by atoms with Crippen molar-refractivity contribution in [1.82, 2.24) is 24.7 Å².